The molecule has 0 N–H and O–H groups in total. The molecular formula is C31H27Cl3O4. The summed E-state index contributed by atoms with van der Waals surface area (Å²) in [5, 5.41) is 0.751. The first-order chi connectivity index (χ1) is 18.4. The van der Waals surface area contributed by atoms with Crippen LogP contribution in [0.25, 0.3) is 22.3 Å². The summed E-state index contributed by atoms with van der Waals surface area (Å²) in [6.07, 6.45) is 2.20. The molecule has 196 valence electrons. The Balaban J connectivity index is 1.34. The van der Waals surface area contributed by atoms with E-state index in [1.54, 1.807) is 12.1 Å². The van der Waals surface area contributed by atoms with Crippen LogP contribution >= 0.6 is 34.8 Å². The van der Waals surface area contributed by atoms with Gasteiger partial charge in [0.1, 0.15) is 12.4 Å². The van der Waals surface area contributed by atoms with E-state index >= 15 is 0 Å². The van der Waals surface area contributed by atoms with E-state index in [0.717, 1.165) is 47.5 Å². The lowest BCUT2D eigenvalue weighted by atomic mass is 9.99. The molecule has 0 aliphatic carbocycles. The molecule has 0 atom stereocenters. The van der Waals surface area contributed by atoms with Gasteiger partial charge in [-0.25, -0.2) is 4.79 Å². The minimum atomic E-state index is -0.538. The van der Waals surface area contributed by atoms with Crippen molar-refractivity contribution in [1.82, 2.24) is 0 Å². The Bertz CT molecular complexity index is 1350. The molecule has 0 saturated carbocycles. The summed E-state index contributed by atoms with van der Waals surface area (Å²) in [6.45, 7) is 4.06. The molecule has 7 heteroatoms. The Kier molecular flexibility index (Phi) is 10.1. The van der Waals surface area contributed by atoms with Gasteiger partial charge in [-0.2, -0.15) is 0 Å². The molecule has 0 aliphatic heterocycles. The van der Waals surface area contributed by atoms with Crippen molar-refractivity contribution in [2.24, 2.45) is 0 Å². The average Bonchev–Trinajstić information content (AvgIpc) is 2.94. The molecule has 0 bridgehead atoms. The maximum atomic E-state index is 12.6. The highest BCUT2D eigenvalue weighted by molar-refractivity contribution is 6.43. The molecule has 0 saturated heterocycles. The average molecular weight is 570 g/mol. The normalized spacial score (nSPS) is 10.8. The number of hydrogen-bond acceptors (Lipinski definition) is 4. The second-order valence-electron chi connectivity index (χ2n) is 8.58. The van der Waals surface area contributed by atoms with Crippen molar-refractivity contribution < 1.29 is 19.0 Å². The van der Waals surface area contributed by atoms with Gasteiger partial charge in [-0.15, -0.1) is 0 Å². The monoisotopic (exact) mass is 568 g/mol. The van der Waals surface area contributed by atoms with E-state index in [1.807, 2.05) is 36.4 Å². The highest BCUT2D eigenvalue weighted by Crippen LogP contribution is 2.34. The van der Waals surface area contributed by atoms with Gasteiger partial charge in [0.15, 0.2) is 5.75 Å². The summed E-state index contributed by atoms with van der Waals surface area (Å²) in [6, 6.07) is 26.3. The molecule has 0 fully saturated rings. The third kappa shape index (κ3) is 7.52. The van der Waals surface area contributed by atoms with Crippen LogP contribution < -0.4 is 9.47 Å². The highest BCUT2D eigenvalue weighted by atomic mass is 35.5. The summed E-state index contributed by atoms with van der Waals surface area (Å²) in [5.74, 6) is 0.440. The van der Waals surface area contributed by atoms with Gasteiger partial charge in [-0.05, 0) is 59.0 Å². The van der Waals surface area contributed by atoms with Crippen molar-refractivity contribution in [2.45, 2.75) is 19.8 Å². The van der Waals surface area contributed by atoms with Gasteiger partial charge in [0, 0.05) is 12.7 Å². The van der Waals surface area contributed by atoms with E-state index in [2.05, 4.69) is 31.2 Å². The van der Waals surface area contributed by atoms with E-state index in [1.165, 1.54) is 12.1 Å². The third-order valence-electron chi connectivity index (χ3n) is 5.84. The van der Waals surface area contributed by atoms with Crippen molar-refractivity contribution in [2.75, 3.05) is 19.8 Å². The van der Waals surface area contributed by atoms with Crippen LogP contribution in [-0.4, -0.2) is 25.8 Å². The molecule has 4 nitrogen and oxygen atoms in total. The number of carbonyl (C=O) groups excluding carboxylic acids is 1. The smallest absolute Gasteiger partial charge is 0.343 e. The maximum absolute atomic E-state index is 12.6. The zero-order valence-electron chi connectivity index (χ0n) is 20.9. The fourth-order valence-corrected chi connectivity index (χ4v) is 4.28. The van der Waals surface area contributed by atoms with Crippen molar-refractivity contribution in [1.29, 1.82) is 0 Å². The van der Waals surface area contributed by atoms with Gasteiger partial charge in [0.05, 0.1) is 27.2 Å². The molecule has 4 aromatic rings. The molecular weight excluding hydrogens is 543 g/mol. The molecule has 0 aromatic heterocycles. The summed E-state index contributed by atoms with van der Waals surface area (Å²) in [5.41, 5.74) is 4.60. The second kappa shape index (κ2) is 13.7. The second-order valence-corrected chi connectivity index (χ2v) is 9.80. The lowest BCUT2D eigenvalue weighted by Gasteiger charge is -2.09. The van der Waals surface area contributed by atoms with Gasteiger partial charge in [-0.1, -0.05) is 96.7 Å². The number of ether oxygens (including phenoxy) is 3. The summed E-state index contributed by atoms with van der Waals surface area (Å²) < 4.78 is 16.7. The molecule has 4 rings (SSSR count). The zero-order chi connectivity index (χ0) is 26.9. The first-order valence-electron chi connectivity index (χ1n) is 12.3. The summed E-state index contributed by atoms with van der Waals surface area (Å²) in [4.78, 5) is 12.6. The van der Waals surface area contributed by atoms with E-state index in [4.69, 9.17) is 49.0 Å². The fourth-order valence-electron chi connectivity index (χ4n) is 3.71. The molecule has 0 radical (unpaired) electrons. The first-order valence-corrected chi connectivity index (χ1v) is 13.5. The lowest BCUT2D eigenvalue weighted by molar-refractivity contribution is 0.0735. The molecule has 0 heterocycles. The van der Waals surface area contributed by atoms with Crippen LogP contribution in [0.1, 0.15) is 30.1 Å². The van der Waals surface area contributed by atoms with Crippen LogP contribution in [0.4, 0.5) is 0 Å². The SMILES string of the molecule is CCCCOCCOc1ccc(-c2ccc(-c3ccc(C(=O)Oc4cc(Cl)c(Cl)cc4Cl)cc3)cc2)cc1. The molecule has 0 spiro atoms. The number of carbonyl (C=O) groups is 1. The molecule has 38 heavy (non-hydrogen) atoms. The van der Waals surface area contributed by atoms with Crippen LogP contribution in [0, 0.1) is 0 Å². The Morgan fingerprint density at radius 1 is 0.658 bits per heavy atom. The van der Waals surface area contributed by atoms with Gasteiger partial charge >= 0.3 is 5.97 Å². The van der Waals surface area contributed by atoms with Crippen molar-refractivity contribution >= 4 is 40.8 Å². The first kappa shape index (κ1) is 28.0. The Labute approximate surface area is 238 Å². The maximum Gasteiger partial charge on any atom is 0.343 e. The molecule has 0 amide bonds. The van der Waals surface area contributed by atoms with Crippen molar-refractivity contribution in [3.8, 4) is 33.8 Å². The predicted molar refractivity (Wildman–Crippen MR) is 155 cm³/mol. The van der Waals surface area contributed by atoms with Crippen LogP contribution in [-0.2, 0) is 4.74 Å². The zero-order valence-corrected chi connectivity index (χ0v) is 23.2. The van der Waals surface area contributed by atoms with E-state index in [-0.39, 0.29) is 20.8 Å². The van der Waals surface area contributed by atoms with E-state index in [9.17, 15) is 4.79 Å². The van der Waals surface area contributed by atoms with Gasteiger partial charge in [-0.3, -0.25) is 0 Å². The number of esters is 1. The van der Waals surface area contributed by atoms with Crippen molar-refractivity contribution in [3.63, 3.8) is 0 Å². The molecule has 0 aliphatic rings. The Hall–Kier alpha value is -3.02. The number of benzene rings is 4. The molecule has 4 aromatic carbocycles. The third-order valence-corrected chi connectivity index (χ3v) is 6.86. The minimum Gasteiger partial charge on any atom is -0.491 e. The summed E-state index contributed by atoms with van der Waals surface area (Å²) in [7, 11) is 0. The topological polar surface area (TPSA) is 44.8 Å². The standard InChI is InChI=1S/C31H27Cl3O4/c1-2-3-16-36-17-18-37-26-14-12-24(13-15-26)22-6-4-21(5-7-22)23-8-10-25(11-9-23)31(35)38-30-20-28(33)27(32)19-29(30)34/h4-15,19-20H,2-3,16-18H2,1H3. The van der Waals surface area contributed by atoms with Crippen LogP contribution in [0.15, 0.2) is 84.9 Å². The number of halogens is 3. The van der Waals surface area contributed by atoms with Crippen LogP contribution in [0.5, 0.6) is 11.5 Å². The number of unbranched alkanes of at least 4 members (excludes halogenated alkanes) is 1. The highest BCUT2D eigenvalue weighted by Gasteiger charge is 2.14. The lowest BCUT2D eigenvalue weighted by Crippen LogP contribution is -2.08. The van der Waals surface area contributed by atoms with Gasteiger partial charge < -0.3 is 14.2 Å². The number of hydrogen-bond donors (Lipinski definition) is 0. The Morgan fingerprint density at radius 3 is 1.76 bits per heavy atom. The quantitative estimate of drug-likeness (QED) is 0.0781. The summed E-state index contributed by atoms with van der Waals surface area (Å²) >= 11 is 18.0. The predicted octanol–water partition coefficient (Wildman–Crippen LogP) is 9.40. The van der Waals surface area contributed by atoms with E-state index < -0.39 is 5.97 Å². The van der Waals surface area contributed by atoms with Crippen molar-refractivity contribution in [3.05, 3.63) is 106 Å². The number of rotatable bonds is 11. The Morgan fingerprint density at radius 2 is 1.18 bits per heavy atom. The fraction of sp³-hybridized carbons (Fsp3) is 0.194. The molecule has 0 unspecified atom stereocenters. The minimum absolute atomic E-state index is 0.154. The van der Waals surface area contributed by atoms with Gasteiger partial charge in [0.25, 0.3) is 0 Å². The largest absolute Gasteiger partial charge is 0.491 e. The van der Waals surface area contributed by atoms with Crippen LogP contribution in [0.3, 0.4) is 0 Å². The van der Waals surface area contributed by atoms with Gasteiger partial charge in [0.2, 0.25) is 0 Å². The van der Waals surface area contributed by atoms with Crippen LogP contribution in [0.2, 0.25) is 15.1 Å². The van der Waals surface area contributed by atoms with E-state index in [0.29, 0.717) is 18.8 Å².